The van der Waals surface area contributed by atoms with E-state index < -0.39 is 17.8 Å². The highest BCUT2D eigenvalue weighted by Crippen LogP contribution is 2.34. The average Bonchev–Trinajstić information content (AvgIpc) is 2.71. The van der Waals surface area contributed by atoms with Gasteiger partial charge in [-0.05, 0) is 43.3 Å². The van der Waals surface area contributed by atoms with Gasteiger partial charge in [-0.1, -0.05) is 29.8 Å². The van der Waals surface area contributed by atoms with Gasteiger partial charge in [0, 0.05) is 43.4 Å². The van der Waals surface area contributed by atoms with Crippen molar-refractivity contribution < 1.29 is 18.0 Å². The largest absolute Gasteiger partial charge is 0.418 e. The van der Waals surface area contributed by atoms with E-state index in [0.29, 0.717) is 13.0 Å². The number of nitrogens with zero attached hydrogens (tertiary/aromatic N) is 2. The molecule has 0 atom stereocenters. The van der Waals surface area contributed by atoms with Crippen LogP contribution in [0.4, 0.5) is 29.3 Å². The molecule has 30 heavy (non-hydrogen) atoms. The number of hydrogen-bond donors (Lipinski definition) is 2. The molecule has 162 valence electrons. The van der Waals surface area contributed by atoms with Crippen LogP contribution in [0.25, 0.3) is 0 Å². The molecular formula is C21H24ClF3N4O. The van der Waals surface area contributed by atoms with Crippen molar-refractivity contribution in [3.05, 3.63) is 59.1 Å². The Morgan fingerprint density at radius 2 is 1.77 bits per heavy atom. The van der Waals surface area contributed by atoms with E-state index in [2.05, 4.69) is 20.4 Å². The first-order chi connectivity index (χ1) is 14.3. The van der Waals surface area contributed by atoms with Gasteiger partial charge in [0.1, 0.15) is 0 Å². The second kappa shape index (κ2) is 10.0. The first kappa shape index (κ1) is 22.2. The minimum absolute atomic E-state index is 0.250. The van der Waals surface area contributed by atoms with Crippen molar-refractivity contribution >= 4 is 29.0 Å². The maximum Gasteiger partial charge on any atom is 0.418 e. The molecule has 2 aromatic carbocycles. The van der Waals surface area contributed by atoms with Gasteiger partial charge in [-0.3, -0.25) is 4.90 Å². The minimum Gasteiger partial charge on any atom is -0.369 e. The van der Waals surface area contributed by atoms with Gasteiger partial charge in [-0.25, -0.2) is 4.79 Å². The number of benzene rings is 2. The average molecular weight is 441 g/mol. The van der Waals surface area contributed by atoms with Gasteiger partial charge in [0.2, 0.25) is 0 Å². The molecule has 0 unspecified atom stereocenters. The zero-order valence-electron chi connectivity index (χ0n) is 16.4. The van der Waals surface area contributed by atoms with Gasteiger partial charge < -0.3 is 15.5 Å². The van der Waals surface area contributed by atoms with Crippen LogP contribution in [0.2, 0.25) is 5.02 Å². The van der Waals surface area contributed by atoms with E-state index in [1.807, 2.05) is 24.3 Å². The first-order valence-electron chi connectivity index (χ1n) is 9.77. The molecule has 2 aromatic rings. The Morgan fingerprint density at radius 1 is 1.03 bits per heavy atom. The second-order valence-corrected chi connectivity index (χ2v) is 7.52. The van der Waals surface area contributed by atoms with Crippen molar-refractivity contribution in [3.63, 3.8) is 0 Å². The third-order valence-corrected chi connectivity index (χ3v) is 5.20. The van der Waals surface area contributed by atoms with Crippen molar-refractivity contribution in [2.75, 3.05) is 49.5 Å². The van der Waals surface area contributed by atoms with E-state index in [0.717, 1.165) is 49.5 Å². The summed E-state index contributed by atoms with van der Waals surface area (Å²) in [6, 6.07) is 12.1. The van der Waals surface area contributed by atoms with Gasteiger partial charge in [-0.2, -0.15) is 13.2 Å². The number of anilines is 2. The van der Waals surface area contributed by atoms with Crippen LogP contribution in [0.5, 0.6) is 0 Å². The number of carbonyl (C=O) groups excluding carboxylic acids is 1. The van der Waals surface area contributed by atoms with Gasteiger partial charge in [-0.15, -0.1) is 0 Å². The molecule has 1 heterocycles. The smallest absolute Gasteiger partial charge is 0.369 e. The second-order valence-electron chi connectivity index (χ2n) is 7.09. The molecule has 9 heteroatoms. The maximum atomic E-state index is 13.0. The van der Waals surface area contributed by atoms with E-state index in [4.69, 9.17) is 11.6 Å². The molecule has 0 aliphatic carbocycles. The number of hydrogen-bond acceptors (Lipinski definition) is 3. The molecule has 0 bridgehead atoms. The summed E-state index contributed by atoms with van der Waals surface area (Å²) in [5.41, 5.74) is -0.00279. The molecule has 1 aliphatic heterocycles. The lowest BCUT2D eigenvalue weighted by Gasteiger charge is -2.36. The summed E-state index contributed by atoms with van der Waals surface area (Å²) in [5, 5.41) is 5.62. The number of piperazine rings is 1. The predicted molar refractivity (Wildman–Crippen MR) is 113 cm³/mol. The molecule has 0 spiro atoms. The van der Waals surface area contributed by atoms with E-state index >= 15 is 0 Å². The molecule has 1 aliphatic rings. The molecule has 1 saturated heterocycles. The Labute approximate surface area is 178 Å². The van der Waals surface area contributed by atoms with Crippen LogP contribution in [0, 0.1) is 0 Å². The molecule has 0 saturated carbocycles. The van der Waals surface area contributed by atoms with E-state index in [9.17, 15) is 18.0 Å². The van der Waals surface area contributed by atoms with Crippen LogP contribution >= 0.6 is 11.6 Å². The summed E-state index contributed by atoms with van der Waals surface area (Å²) in [6.07, 6.45) is -3.80. The summed E-state index contributed by atoms with van der Waals surface area (Å²) in [6.45, 7) is 4.78. The number of alkyl halides is 3. The molecule has 0 radical (unpaired) electrons. The van der Waals surface area contributed by atoms with Crippen LogP contribution in [-0.2, 0) is 6.18 Å². The van der Waals surface area contributed by atoms with E-state index in [1.165, 1.54) is 18.2 Å². The summed E-state index contributed by atoms with van der Waals surface area (Å²) in [7, 11) is 0. The van der Waals surface area contributed by atoms with Crippen molar-refractivity contribution in [2.24, 2.45) is 0 Å². The Kier molecular flexibility index (Phi) is 7.44. The Hall–Kier alpha value is -2.45. The van der Waals surface area contributed by atoms with E-state index in [-0.39, 0.29) is 5.69 Å². The number of urea groups is 1. The maximum absolute atomic E-state index is 13.0. The van der Waals surface area contributed by atoms with Crippen molar-refractivity contribution in [1.29, 1.82) is 0 Å². The van der Waals surface area contributed by atoms with Crippen LogP contribution < -0.4 is 15.5 Å². The van der Waals surface area contributed by atoms with Gasteiger partial charge in [0.05, 0.1) is 11.3 Å². The molecule has 0 aromatic heterocycles. The van der Waals surface area contributed by atoms with Gasteiger partial charge in [0.15, 0.2) is 0 Å². The first-order valence-corrected chi connectivity index (χ1v) is 10.1. The predicted octanol–water partition coefficient (Wildman–Crippen LogP) is 4.69. The van der Waals surface area contributed by atoms with Gasteiger partial charge >= 0.3 is 12.2 Å². The number of carbonyl (C=O) groups is 1. The minimum atomic E-state index is -4.52. The molecule has 2 amide bonds. The molecule has 2 N–H and O–H groups in total. The highest BCUT2D eigenvalue weighted by atomic mass is 35.5. The van der Waals surface area contributed by atoms with Crippen LogP contribution in [0.1, 0.15) is 12.0 Å². The molecule has 3 rings (SSSR count). The summed E-state index contributed by atoms with van der Waals surface area (Å²) < 4.78 is 38.9. The normalized spacial score (nSPS) is 15.1. The zero-order valence-corrected chi connectivity index (χ0v) is 17.1. The summed E-state index contributed by atoms with van der Waals surface area (Å²) in [4.78, 5) is 16.5. The zero-order chi connectivity index (χ0) is 21.6. The standard InChI is InChI=1S/C21H24ClF3N4O/c22-16-5-3-6-17(15-16)29-13-11-28(12-14-29)10-4-9-26-20(30)27-19-8-2-1-7-18(19)21(23,24)25/h1-3,5-8,15H,4,9-14H2,(H2,26,27,30). The van der Waals surface area contributed by atoms with Crippen molar-refractivity contribution in [3.8, 4) is 0 Å². The monoisotopic (exact) mass is 440 g/mol. The Bertz CT molecular complexity index is 854. The fourth-order valence-electron chi connectivity index (χ4n) is 3.41. The summed E-state index contributed by atoms with van der Waals surface area (Å²) in [5.74, 6) is 0. The van der Waals surface area contributed by atoms with E-state index in [1.54, 1.807) is 0 Å². The topological polar surface area (TPSA) is 47.6 Å². The SMILES string of the molecule is O=C(NCCCN1CCN(c2cccc(Cl)c2)CC1)Nc1ccccc1C(F)(F)F. The third kappa shape index (κ3) is 6.27. The third-order valence-electron chi connectivity index (χ3n) is 4.96. The van der Waals surface area contributed by atoms with Crippen LogP contribution in [0.3, 0.4) is 0 Å². The van der Waals surface area contributed by atoms with Crippen LogP contribution in [-0.4, -0.2) is 50.2 Å². The number of para-hydroxylation sites is 1. The number of halogens is 4. The molecular weight excluding hydrogens is 417 g/mol. The van der Waals surface area contributed by atoms with Crippen molar-refractivity contribution in [2.45, 2.75) is 12.6 Å². The fourth-order valence-corrected chi connectivity index (χ4v) is 3.60. The van der Waals surface area contributed by atoms with Gasteiger partial charge in [0.25, 0.3) is 0 Å². The number of amides is 2. The highest BCUT2D eigenvalue weighted by Gasteiger charge is 2.33. The fraction of sp³-hybridized carbons (Fsp3) is 0.381. The lowest BCUT2D eigenvalue weighted by Crippen LogP contribution is -2.47. The lowest BCUT2D eigenvalue weighted by atomic mass is 10.1. The molecule has 1 fully saturated rings. The quantitative estimate of drug-likeness (QED) is 0.640. The highest BCUT2D eigenvalue weighted by molar-refractivity contribution is 6.30. The molecule has 5 nitrogen and oxygen atoms in total. The Balaban J connectivity index is 1.37. The van der Waals surface area contributed by atoms with Crippen LogP contribution in [0.15, 0.2) is 48.5 Å². The number of nitrogens with one attached hydrogen (secondary N) is 2. The van der Waals surface area contributed by atoms with Crippen molar-refractivity contribution in [1.82, 2.24) is 10.2 Å². The lowest BCUT2D eigenvalue weighted by molar-refractivity contribution is -0.136. The number of rotatable bonds is 6. The summed E-state index contributed by atoms with van der Waals surface area (Å²) >= 11 is 6.05. The Morgan fingerprint density at radius 3 is 2.47 bits per heavy atom.